The van der Waals surface area contributed by atoms with Gasteiger partial charge in [0.2, 0.25) is 0 Å². The van der Waals surface area contributed by atoms with Gasteiger partial charge < -0.3 is 12.4 Å². The van der Waals surface area contributed by atoms with Gasteiger partial charge in [-0.05, 0) is 23.7 Å². The Morgan fingerprint density at radius 2 is 1.14 bits per heavy atom. The van der Waals surface area contributed by atoms with Gasteiger partial charge in [0.15, 0.2) is 0 Å². The fraction of sp³-hybridized carbons (Fsp3) is 0.938. The van der Waals surface area contributed by atoms with Crippen molar-refractivity contribution in [3.63, 3.8) is 0 Å². The Kier molecular flexibility index (Phi) is 11.6. The molecule has 0 aromatic rings. The van der Waals surface area contributed by atoms with E-state index < -0.39 is 29.1 Å². The fourth-order valence-corrected chi connectivity index (χ4v) is 9.37. The van der Waals surface area contributed by atoms with Gasteiger partial charge in [-0.3, -0.25) is 0 Å². The van der Waals surface area contributed by atoms with Gasteiger partial charge in [-0.15, -0.1) is 5.54 Å². The summed E-state index contributed by atoms with van der Waals surface area (Å²) < 4.78 is 0. The molecule has 0 heterocycles. The van der Waals surface area contributed by atoms with Crippen molar-refractivity contribution in [2.45, 2.75) is 72.6 Å². The summed E-state index contributed by atoms with van der Waals surface area (Å²) in [6.45, 7) is 21.5. The van der Waals surface area contributed by atoms with Gasteiger partial charge in [0, 0.05) is 0 Å². The van der Waals surface area contributed by atoms with Crippen LogP contribution in [0.1, 0.15) is 48.5 Å². The molecule has 0 saturated heterocycles. The van der Waals surface area contributed by atoms with E-state index in [9.17, 15) is 0 Å². The van der Waals surface area contributed by atoms with Crippen molar-refractivity contribution in [2.24, 2.45) is 23.7 Å². The van der Waals surface area contributed by atoms with Crippen LogP contribution in [0.25, 0.3) is 4.98 Å². The van der Waals surface area contributed by atoms with Crippen LogP contribution < -0.4 is 0 Å². The first kappa shape index (κ1) is 24.9. The van der Waals surface area contributed by atoms with Crippen LogP contribution in [0.3, 0.4) is 0 Å². The van der Waals surface area contributed by atoms with E-state index in [0.29, 0.717) is 0 Å². The van der Waals surface area contributed by atoms with Crippen molar-refractivity contribution in [3.8, 4) is 0 Å². The van der Waals surface area contributed by atoms with Crippen LogP contribution in [-0.4, -0.2) is 13.8 Å². The molecule has 126 valence electrons. The first-order chi connectivity index (χ1) is 8.89. The Hall–Kier alpha value is 1.64. The molecule has 0 N–H and O–H groups in total. The predicted octanol–water partition coefficient (Wildman–Crippen LogP) is 7.12. The van der Waals surface area contributed by atoms with Crippen LogP contribution in [0.5, 0.6) is 0 Å². The normalized spacial score (nSPS) is 32.6. The van der Waals surface area contributed by atoms with Crippen LogP contribution in [0, 0.1) is 31.1 Å². The number of hydrogen-bond donors (Lipinski definition) is 0. The van der Waals surface area contributed by atoms with Crippen LogP contribution in [-0.2, 0) is 20.8 Å². The van der Waals surface area contributed by atoms with E-state index in [-0.39, 0.29) is 13.0 Å². The molecule has 0 aliphatic heterocycles. The Bertz CT molecular complexity index is 280. The Morgan fingerprint density at radius 1 is 0.857 bits per heavy atom. The van der Waals surface area contributed by atoms with Gasteiger partial charge >= 0.3 is 37.9 Å². The van der Waals surface area contributed by atoms with E-state index in [4.69, 9.17) is 22.0 Å². The first-order valence-corrected chi connectivity index (χ1v) is 16.9. The standard InChI is InChI=1S/C15H32NSi.CH3.2ClH.Zr/c1-10-11(2)13(4)14(12(10)3)17(8,9)16-15(5,6)7;;;;/h10-14H,1-9H3;1H3;2*1H;/q2*-1;;;+4/p-2. The zero-order valence-corrected chi connectivity index (χ0v) is 20.6. The molecule has 0 amide bonds. The van der Waals surface area contributed by atoms with E-state index in [0.717, 1.165) is 29.2 Å². The van der Waals surface area contributed by atoms with Gasteiger partial charge in [-0.2, -0.15) is 0 Å². The maximum atomic E-state index is 5.23. The van der Waals surface area contributed by atoms with Crippen molar-refractivity contribution in [3.05, 3.63) is 12.4 Å². The monoisotopic (exact) mass is 429 g/mol. The Morgan fingerprint density at radius 3 is 1.38 bits per heavy atom. The summed E-state index contributed by atoms with van der Waals surface area (Å²) in [5.41, 5.74) is 0.983. The second-order valence-electron chi connectivity index (χ2n) is 7.97. The molecule has 0 radical (unpaired) electrons. The SMILES string of the molecule is CC1C(C)C(C)C([Si](C)(C)[N-]C(C)(C)C)C1C.[CH3-].[Cl][Zr+2][Cl]. The summed E-state index contributed by atoms with van der Waals surface area (Å²) in [5.74, 6) is 3.40. The van der Waals surface area contributed by atoms with Crippen LogP contribution in [0.15, 0.2) is 0 Å². The van der Waals surface area contributed by atoms with Crippen molar-refractivity contribution < 1.29 is 20.8 Å². The second kappa shape index (κ2) is 9.82. The van der Waals surface area contributed by atoms with E-state index in [1.54, 1.807) is 0 Å². The number of rotatable bonds is 2. The summed E-state index contributed by atoms with van der Waals surface area (Å²) in [4.78, 5) is 5.23. The van der Waals surface area contributed by atoms with Crippen LogP contribution >= 0.6 is 17.0 Å². The zero-order valence-electron chi connectivity index (χ0n) is 15.6. The van der Waals surface area contributed by atoms with E-state index in [1.807, 2.05) is 0 Å². The fourth-order valence-electron chi connectivity index (χ4n) is 4.32. The third-order valence-corrected chi connectivity index (χ3v) is 8.99. The molecule has 1 aliphatic rings. The molecule has 1 rings (SSSR count). The summed E-state index contributed by atoms with van der Waals surface area (Å²) in [7, 11) is 8.38. The zero-order chi connectivity index (χ0) is 16.3. The van der Waals surface area contributed by atoms with Crippen molar-refractivity contribution >= 4 is 25.3 Å². The van der Waals surface area contributed by atoms with Crippen LogP contribution in [0.4, 0.5) is 0 Å². The number of hydrogen-bond acceptors (Lipinski definition) is 0. The van der Waals surface area contributed by atoms with Gasteiger partial charge in [0.05, 0.1) is 0 Å². The minimum absolute atomic E-state index is 0. The van der Waals surface area contributed by atoms with E-state index >= 15 is 0 Å². The Balaban J connectivity index is 0. The topological polar surface area (TPSA) is 14.1 Å². The molecule has 1 nitrogen and oxygen atoms in total. The van der Waals surface area contributed by atoms with E-state index in [1.165, 1.54) is 0 Å². The number of nitrogens with zero attached hydrogens (tertiary/aromatic N) is 1. The van der Waals surface area contributed by atoms with Gasteiger partial charge in [0.25, 0.3) is 0 Å². The molecular formula is C16H35Cl2NSiZr. The molecular weight excluding hydrogens is 396 g/mol. The molecule has 5 heteroatoms. The molecule has 0 spiro atoms. The molecule has 1 aliphatic carbocycles. The summed E-state index contributed by atoms with van der Waals surface area (Å²) in [5, 5.41) is 0. The molecule has 0 aromatic heterocycles. The van der Waals surface area contributed by atoms with Gasteiger partial charge in [-0.1, -0.05) is 75.3 Å². The predicted molar refractivity (Wildman–Crippen MR) is 99.1 cm³/mol. The van der Waals surface area contributed by atoms with Gasteiger partial charge in [0.1, 0.15) is 0 Å². The number of halogens is 2. The van der Waals surface area contributed by atoms with Crippen molar-refractivity contribution in [2.75, 3.05) is 0 Å². The molecule has 0 aromatic carbocycles. The summed E-state index contributed by atoms with van der Waals surface area (Å²) >= 11 is -0.826. The minimum atomic E-state index is -1.49. The molecule has 4 unspecified atom stereocenters. The third-order valence-electron chi connectivity index (χ3n) is 5.06. The summed E-state index contributed by atoms with van der Waals surface area (Å²) in [6, 6.07) is 0. The molecule has 1 fully saturated rings. The third kappa shape index (κ3) is 7.38. The molecule has 1 saturated carbocycles. The van der Waals surface area contributed by atoms with Gasteiger partial charge in [-0.25, -0.2) is 0 Å². The molecule has 21 heavy (non-hydrogen) atoms. The molecule has 4 atom stereocenters. The van der Waals surface area contributed by atoms with E-state index in [2.05, 4.69) is 61.6 Å². The quantitative estimate of drug-likeness (QED) is 0.326. The average molecular weight is 432 g/mol. The second-order valence-corrected chi connectivity index (χ2v) is 15.9. The van der Waals surface area contributed by atoms with Crippen LogP contribution in [0.2, 0.25) is 18.6 Å². The Labute approximate surface area is 154 Å². The average Bonchev–Trinajstić information content (AvgIpc) is 2.41. The summed E-state index contributed by atoms with van der Waals surface area (Å²) in [6.07, 6.45) is 0. The van der Waals surface area contributed by atoms with Crippen molar-refractivity contribution in [1.82, 2.24) is 0 Å². The van der Waals surface area contributed by atoms with Crippen molar-refractivity contribution in [1.29, 1.82) is 0 Å². The molecule has 0 bridgehead atoms. The maximum absolute atomic E-state index is 5.23. The first-order valence-electron chi connectivity index (χ1n) is 7.59.